The van der Waals surface area contributed by atoms with Crippen molar-refractivity contribution in [1.29, 1.82) is 0 Å². The zero-order valence-corrected chi connectivity index (χ0v) is 15.9. The standard InChI is InChI=1S/C20H18IN3O/c21-16-7-3-6-15(11-16)20(25)22-17-8-4-5-14(12-17)18-13-24-10-2-1-9-19(24)23-18/h3-8,11-13H,1-2,9-10H2,(H,22,25). The van der Waals surface area contributed by atoms with Crippen LogP contribution in [0.25, 0.3) is 11.3 Å². The third kappa shape index (κ3) is 3.61. The molecule has 4 nitrogen and oxygen atoms in total. The van der Waals surface area contributed by atoms with Crippen LogP contribution >= 0.6 is 22.6 Å². The van der Waals surface area contributed by atoms with Crippen LogP contribution in [0.2, 0.25) is 0 Å². The van der Waals surface area contributed by atoms with E-state index in [1.807, 2.05) is 48.5 Å². The van der Waals surface area contributed by atoms with E-state index in [2.05, 4.69) is 38.7 Å². The highest BCUT2D eigenvalue weighted by Crippen LogP contribution is 2.25. The third-order valence-electron chi connectivity index (χ3n) is 4.41. The molecule has 0 spiro atoms. The minimum Gasteiger partial charge on any atom is -0.334 e. The molecule has 0 fully saturated rings. The Kier molecular flexibility index (Phi) is 4.57. The van der Waals surface area contributed by atoms with Gasteiger partial charge in [-0.05, 0) is 65.8 Å². The number of carbonyl (C=O) groups is 1. The molecule has 0 saturated heterocycles. The van der Waals surface area contributed by atoms with Crippen LogP contribution in [0.5, 0.6) is 0 Å². The molecule has 4 rings (SSSR count). The first-order valence-corrected chi connectivity index (χ1v) is 9.50. The number of nitrogens with zero attached hydrogens (tertiary/aromatic N) is 2. The maximum atomic E-state index is 12.4. The van der Waals surface area contributed by atoms with Gasteiger partial charge in [-0.2, -0.15) is 0 Å². The van der Waals surface area contributed by atoms with E-state index < -0.39 is 0 Å². The Balaban J connectivity index is 1.57. The molecule has 126 valence electrons. The molecule has 1 aromatic heterocycles. The third-order valence-corrected chi connectivity index (χ3v) is 5.08. The van der Waals surface area contributed by atoms with E-state index in [1.165, 1.54) is 12.8 Å². The van der Waals surface area contributed by atoms with Crippen LogP contribution in [0.1, 0.15) is 29.0 Å². The Bertz CT molecular complexity index is 909. The molecule has 2 heterocycles. The molecule has 5 heteroatoms. The van der Waals surface area contributed by atoms with Crippen LogP contribution in [0.15, 0.2) is 54.7 Å². The fraction of sp³-hybridized carbons (Fsp3) is 0.200. The maximum absolute atomic E-state index is 12.4. The number of halogens is 1. The van der Waals surface area contributed by atoms with E-state index in [0.717, 1.165) is 39.3 Å². The summed E-state index contributed by atoms with van der Waals surface area (Å²) >= 11 is 2.21. The van der Waals surface area contributed by atoms with Crippen molar-refractivity contribution in [1.82, 2.24) is 9.55 Å². The van der Waals surface area contributed by atoms with Gasteiger partial charge in [0.2, 0.25) is 0 Å². The van der Waals surface area contributed by atoms with Crippen molar-refractivity contribution in [3.63, 3.8) is 0 Å². The second-order valence-corrected chi connectivity index (χ2v) is 7.48. The summed E-state index contributed by atoms with van der Waals surface area (Å²) in [4.78, 5) is 17.2. The number of rotatable bonds is 3. The molecule has 25 heavy (non-hydrogen) atoms. The molecule has 2 aromatic carbocycles. The monoisotopic (exact) mass is 443 g/mol. The van der Waals surface area contributed by atoms with Gasteiger partial charge in [0.25, 0.3) is 5.91 Å². The zero-order chi connectivity index (χ0) is 17.2. The number of benzene rings is 2. The van der Waals surface area contributed by atoms with Crippen molar-refractivity contribution in [3.05, 3.63) is 69.7 Å². The van der Waals surface area contributed by atoms with E-state index >= 15 is 0 Å². The summed E-state index contributed by atoms with van der Waals surface area (Å²) in [6, 6.07) is 15.5. The van der Waals surface area contributed by atoms with Crippen molar-refractivity contribution in [2.45, 2.75) is 25.8 Å². The highest BCUT2D eigenvalue weighted by molar-refractivity contribution is 14.1. The molecule has 0 aliphatic carbocycles. The summed E-state index contributed by atoms with van der Waals surface area (Å²) < 4.78 is 3.29. The Hall–Kier alpha value is -2.15. The number of nitrogens with one attached hydrogen (secondary N) is 1. The molecule has 1 amide bonds. The van der Waals surface area contributed by atoms with Crippen LogP contribution in [0.4, 0.5) is 5.69 Å². The Morgan fingerprint density at radius 2 is 2.00 bits per heavy atom. The smallest absolute Gasteiger partial charge is 0.255 e. The van der Waals surface area contributed by atoms with Gasteiger partial charge in [-0.3, -0.25) is 4.79 Å². The number of amides is 1. The highest BCUT2D eigenvalue weighted by Gasteiger charge is 2.14. The predicted molar refractivity (Wildman–Crippen MR) is 108 cm³/mol. The number of hydrogen-bond donors (Lipinski definition) is 1. The summed E-state index contributed by atoms with van der Waals surface area (Å²) in [5.74, 6) is 1.06. The van der Waals surface area contributed by atoms with Crippen LogP contribution < -0.4 is 5.32 Å². The SMILES string of the molecule is O=C(Nc1cccc(-c2cn3c(n2)CCCC3)c1)c1cccc(I)c1. The summed E-state index contributed by atoms with van der Waals surface area (Å²) in [5.41, 5.74) is 3.45. The molecule has 0 atom stereocenters. The second kappa shape index (κ2) is 7.00. The summed E-state index contributed by atoms with van der Waals surface area (Å²) in [6.07, 6.45) is 5.59. The normalized spacial score (nSPS) is 13.3. The van der Waals surface area contributed by atoms with Crippen LogP contribution in [0, 0.1) is 3.57 Å². The molecule has 0 saturated carbocycles. The second-order valence-electron chi connectivity index (χ2n) is 6.24. The van der Waals surface area contributed by atoms with Crippen molar-refractivity contribution in [2.24, 2.45) is 0 Å². The van der Waals surface area contributed by atoms with Gasteiger partial charge in [-0.1, -0.05) is 18.2 Å². The largest absolute Gasteiger partial charge is 0.334 e. The van der Waals surface area contributed by atoms with E-state index in [4.69, 9.17) is 4.98 Å². The molecular formula is C20H18IN3O. The van der Waals surface area contributed by atoms with Gasteiger partial charge in [-0.25, -0.2) is 4.98 Å². The molecule has 1 aliphatic rings. The molecule has 1 N–H and O–H groups in total. The van der Waals surface area contributed by atoms with Gasteiger partial charge in [0.15, 0.2) is 0 Å². The molecule has 1 aliphatic heterocycles. The lowest BCUT2D eigenvalue weighted by molar-refractivity contribution is 0.102. The minimum absolute atomic E-state index is 0.0974. The quantitative estimate of drug-likeness (QED) is 0.595. The highest BCUT2D eigenvalue weighted by atomic mass is 127. The summed E-state index contributed by atoms with van der Waals surface area (Å²) in [6.45, 7) is 1.05. The zero-order valence-electron chi connectivity index (χ0n) is 13.7. The number of aromatic nitrogens is 2. The Morgan fingerprint density at radius 1 is 1.12 bits per heavy atom. The topological polar surface area (TPSA) is 46.9 Å². The maximum Gasteiger partial charge on any atom is 0.255 e. The van der Waals surface area contributed by atoms with Gasteiger partial charge in [0, 0.05) is 39.5 Å². The first-order chi connectivity index (χ1) is 12.2. The Labute approximate surface area is 160 Å². The molecular weight excluding hydrogens is 425 g/mol. The average Bonchev–Trinajstić information content (AvgIpc) is 3.06. The molecule has 0 radical (unpaired) electrons. The van der Waals surface area contributed by atoms with Gasteiger partial charge < -0.3 is 9.88 Å². The van der Waals surface area contributed by atoms with Crippen LogP contribution in [0.3, 0.4) is 0 Å². The lowest BCUT2D eigenvalue weighted by Gasteiger charge is -2.11. The molecule has 0 bridgehead atoms. The van der Waals surface area contributed by atoms with Crippen molar-refractivity contribution < 1.29 is 4.79 Å². The summed E-state index contributed by atoms with van der Waals surface area (Å²) in [5, 5.41) is 2.98. The summed E-state index contributed by atoms with van der Waals surface area (Å²) in [7, 11) is 0. The van der Waals surface area contributed by atoms with E-state index in [-0.39, 0.29) is 5.91 Å². The van der Waals surface area contributed by atoms with Gasteiger partial charge >= 0.3 is 0 Å². The molecule has 3 aromatic rings. The fourth-order valence-electron chi connectivity index (χ4n) is 3.14. The number of hydrogen-bond acceptors (Lipinski definition) is 2. The average molecular weight is 443 g/mol. The fourth-order valence-corrected chi connectivity index (χ4v) is 3.68. The number of fused-ring (bicyclic) bond motifs is 1. The van der Waals surface area contributed by atoms with Gasteiger partial charge in [0.05, 0.1) is 5.69 Å². The van der Waals surface area contributed by atoms with Crippen LogP contribution in [-0.4, -0.2) is 15.5 Å². The van der Waals surface area contributed by atoms with E-state index in [9.17, 15) is 4.79 Å². The number of imidazole rings is 1. The van der Waals surface area contributed by atoms with Crippen molar-refractivity contribution in [2.75, 3.05) is 5.32 Å². The van der Waals surface area contributed by atoms with Gasteiger partial charge in [0.1, 0.15) is 5.82 Å². The first-order valence-electron chi connectivity index (χ1n) is 8.42. The van der Waals surface area contributed by atoms with Gasteiger partial charge in [-0.15, -0.1) is 0 Å². The number of carbonyl (C=O) groups excluding carboxylic acids is 1. The molecule has 0 unspecified atom stereocenters. The lowest BCUT2D eigenvalue weighted by atomic mass is 10.1. The van der Waals surface area contributed by atoms with E-state index in [0.29, 0.717) is 5.56 Å². The van der Waals surface area contributed by atoms with Crippen molar-refractivity contribution >= 4 is 34.2 Å². The van der Waals surface area contributed by atoms with Crippen LogP contribution in [-0.2, 0) is 13.0 Å². The first kappa shape index (κ1) is 16.3. The number of aryl methyl sites for hydroxylation is 2. The minimum atomic E-state index is -0.0974. The Morgan fingerprint density at radius 3 is 2.84 bits per heavy atom. The number of anilines is 1. The van der Waals surface area contributed by atoms with E-state index in [1.54, 1.807) is 0 Å². The van der Waals surface area contributed by atoms with Crippen molar-refractivity contribution in [3.8, 4) is 11.3 Å². The predicted octanol–water partition coefficient (Wildman–Crippen LogP) is 4.74. The lowest BCUT2D eigenvalue weighted by Crippen LogP contribution is -2.11.